The van der Waals surface area contributed by atoms with Crippen molar-refractivity contribution in [2.45, 2.75) is 39.5 Å². The van der Waals surface area contributed by atoms with Crippen molar-refractivity contribution >= 4 is 88.5 Å². The van der Waals surface area contributed by atoms with Gasteiger partial charge in [-0.25, -0.2) is 0 Å². The molecule has 0 fully saturated rings. The largest absolute Gasteiger partial charge is 0.113 e. The Labute approximate surface area is 204 Å². The fourth-order valence-electron chi connectivity index (χ4n) is 4.98. The third-order valence-electron chi connectivity index (χ3n) is 7.10. The summed E-state index contributed by atoms with van der Waals surface area (Å²) in [5.41, 5.74) is 7.78. The van der Waals surface area contributed by atoms with Crippen LogP contribution in [0.25, 0.3) is 21.9 Å². The van der Waals surface area contributed by atoms with Crippen LogP contribution in [0.3, 0.4) is 0 Å². The molecule has 3 aromatic carbocycles. The van der Waals surface area contributed by atoms with Crippen molar-refractivity contribution in [3.63, 3.8) is 0 Å². The van der Waals surface area contributed by atoms with Gasteiger partial charge in [-0.3, -0.25) is 0 Å². The lowest BCUT2D eigenvalue weighted by Gasteiger charge is -2.23. The van der Waals surface area contributed by atoms with Crippen molar-refractivity contribution in [2.75, 3.05) is 0 Å². The highest BCUT2D eigenvalue weighted by molar-refractivity contribution is 6.67. The van der Waals surface area contributed by atoms with Crippen molar-refractivity contribution in [1.29, 1.82) is 0 Å². The molecule has 0 saturated carbocycles. The molecule has 5 heteroatoms. The summed E-state index contributed by atoms with van der Waals surface area (Å²) in [4.78, 5) is 0. The molecule has 33 heavy (non-hydrogen) atoms. The molecule has 0 saturated heterocycles. The molecule has 1 atom stereocenters. The van der Waals surface area contributed by atoms with Gasteiger partial charge in [-0.2, -0.15) is 0 Å². The van der Waals surface area contributed by atoms with Crippen molar-refractivity contribution in [3.8, 4) is 0 Å². The molecule has 0 spiro atoms. The smallest absolute Gasteiger partial charge is 0.112 e. The van der Waals surface area contributed by atoms with E-state index < -0.39 is 0 Å². The summed E-state index contributed by atoms with van der Waals surface area (Å²) in [5.74, 6) is 0. The van der Waals surface area contributed by atoms with Gasteiger partial charge in [-0.1, -0.05) is 79.4 Å². The summed E-state index contributed by atoms with van der Waals surface area (Å²) in [7, 11) is 31.0. The predicted molar refractivity (Wildman–Crippen MR) is 150 cm³/mol. The van der Waals surface area contributed by atoms with Crippen molar-refractivity contribution < 1.29 is 0 Å². The Kier molecular flexibility index (Phi) is 6.21. The van der Waals surface area contributed by atoms with E-state index in [9.17, 15) is 0 Å². The number of benzene rings is 3. The van der Waals surface area contributed by atoms with Crippen LogP contribution in [0, 0.1) is 0 Å². The van der Waals surface area contributed by atoms with Crippen molar-refractivity contribution in [1.82, 2.24) is 0 Å². The second-order valence-electron chi connectivity index (χ2n) is 9.05. The second-order valence-corrected chi connectivity index (χ2v) is 9.05. The maximum atomic E-state index is 6.37. The highest BCUT2D eigenvalue weighted by atomic mass is 14.4. The molecule has 1 aliphatic rings. The molecule has 1 aliphatic carbocycles. The Balaban J connectivity index is 1.93. The Morgan fingerprint density at radius 1 is 0.879 bits per heavy atom. The minimum atomic E-state index is -0.0321. The average molecular weight is 414 g/mol. The number of hydrogen-bond acceptors (Lipinski definition) is 0. The molecule has 0 aliphatic heterocycles. The Bertz CT molecular complexity index is 1350. The van der Waals surface area contributed by atoms with E-state index in [0.717, 1.165) is 17.6 Å². The number of allylic oxidation sites excluding steroid dienone is 6. The van der Waals surface area contributed by atoms with Gasteiger partial charge in [0.05, 0.1) is 0 Å². The van der Waals surface area contributed by atoms with E-state index in [1.54, 1.807) is 0 Å². The standard InChI is InChI=1S/C28H23B5/c1-5-18(22-23(29)25(31)27(33)26(32)24(22)30)15(3)13-17-14-28(4,6-2)20-12-11-16-9-7-8-10-19(16)21(17)20/h5,7-14H,6H2,1-4H3/b15-13-,18-5+/t28-/m0/s1. The normalized spacial score (nSPS) is 18.5. The summed E-state index contributed by atoms with van der Waals surface area (Å²) in [6.45, 7) is 8.54. The Hall–Kier alpha value is -2.54. The molecule has 3 aromatic rings. The van der Waals surface area contributed by atoms with E-state index >= 15 is 0 Å². The van der Waals surface area contributed by atoms with Gasteiger partial charge in [0.1, 0.15) is 39.2 Å². The molecular weight excluding hydrogens is 390 g/mol. The molecule has 0 N–H and O–H groups in total. The fourth-order valence-corrected chi connectivity index (χ4v) is 4.98. The van der Waals surface area contributed by atoms with Crippen LogP contribution < -0.4 is 27.3 Å². The molecule has 0 heterocycles. The summed E-state index contributed by atoms with van der Waals surface area (Å²) < 4.78 is 0. The number of hydrogen-bond donors (Lipinski definition) is 0. The molecule has 0 aromatic heterocycles. The molecule has 4 rings (SSSR count). The van der Waals surface area contributed by atoms with Crippen LogP contribution in [0.1, 0.15) is 50.8 Å². The van der Waals surface area contributed by atoms with Crippen LogP contribution in [0.4, 0.5) is 0 Å². The molecular formula is C28H23B5. The van der Waals surface area contributed by atoms with Crippen LogP contribution in [-0.4, -0.2) is 39.2 Å². The summed E-state index contributed by atoms with van der Waals surface area (Å²) >= 11 is 0. The summed E-state index contributed by atoms with van der Waals surface area (Å²) in [6, 6.07) is 13.0. The topological polar surface area (TPSA) is 0 Å². The van der Waals surface area contributed by atoms with E-state index in [1.165, 1.54) is 27.5 Å². The Morgan fingerprint density at radius 2 is 1.48 bits per heavy atom. The van der Waals surface area contributed by atoms with Gasteiger partial charge >= 0.3 is 0 Å². The predicted octanol–water partition coefficient (Wildman–Crippen LogP) is 1.92. The minimum Gasteiger partial charge on any atom is -0.112 e. The maximum Gasteiger partial charge on any atom is 0.113 e. The lowest BCUT2D eigenvalue weighted by Crippen LogP contribution is -2.56. The average Bonchev–Trinajstić information content (AvgIpc) is 3.11. The van der Waals surface area contributed by atoms with Gasteiger partial charge in [0.2, 0.25) is 0 Å². The molecule has 10 radical (unpaired) electrons. The van der Waals surface area contributed by atoms with Crippen LogP contribution in [0.2, 0.25) is 0 Å². The molecule has 0 unspecified atom stereocenters. The van der Waals surface area contributed by atoms with Crippen molar-refractivity contribution in [3.05, 3.63) is 76.9 Å². The molecule has 0 nitrogen and oxygen atoms in total. The number of fused-ring (bicyclic) bond motifs is 3. The highest BCUT2D eigenvalue weighted by Crippen LogP contribution is 2.46. The van der Waals surface area contributed by atoms with Gasteiger partial charge in [-0.05, 0) is 64.5 Å². The van der Waals surface area contributed by atoms with Gasteiger partial charge in [-0.15, -0.1) is 16.4 Å². The third kappa shape index (κ3) is 3.70. The highest BCUT2D eigenvalue weighted by Gasteiger charge is 2.33. The Morgan fingerprint density at radius 3 is 2.09 bits per heavy atom. The van der Waals surface area contributed by atoms with E-state index in [1.807, 2.05) is 13.0 Å². The summed E-state index contributed by atoms with van der Waals surface area (Å²) in [5, 5.41) is 2.48. The van der Waals surface area contributed by atoms with E-state index in [4.69, 9.17) is 39.2 Å². The summed E-state index contributed by atoms with van der Waals surface area (Å²) in [6.07, 6.45) is 7.58. The van der Waals surface area contributed by atoms with Crippen LogP contribution in [-0.2, 0) is 5.41 Å². The first-order valence-electron chi connectivity index (χ1n) is 11.3. The van der Waals surface area contributed by atoms with Crippen LogP contribution in [0.5, 0.6) is 0 Å². The third-order valence-corrected chi connectivity index (χ3v) is 7.10. The zero-order valence-electron chi connectivity index (χ0n) is 19.8. The fraction of sp³-hybridized carbons (Fsp3) is 0.214. The minimum absolute atomic E-state index is 0.0321. The first-order chi connectivity index (χ1) is 15.6. The van der Waals surface area contributed by atoms with E-state index in [2.05, 4.69) is 69.3 Å². The first-order valence-corrected chi connectivity index (χ1v) is 11.3. The van der Waals surface area contributed by atoms with Gasteiger partial charge in [0.15, 0.2) is 0 Å². The van der Waals surface area contributed by atoms with Gasteiger partial charge < -0.3 is 0 Å². The second kappa shape index (κ2) is 8.67. The quantitative estimate of drug-likeness (QED) is 0.453. The zero-order chi connectivity index (χ0) is 24.1. The number of rotatable bonds is 4. The lowest BCUT2D eigenvalue weighted by molar-refractivity contribution is 0.583. The zero-order valence-corrected chi connectivity index (χ0v) is 19.8. The van der Waals surface area contributed by atoms with Gasteiger partial charge in [0, 0.05) is 5.41 Å². The first kappa shape index (κ1) is 23.6. The molecule has 0 amide bonds. The van der Waals surface area contributed by atoms with E-state index in [-0.39, 0.29) is 21.8 Å². The van der Waals surface area contributed by atoms with Gasteiger partial charge in [0.25, 0.3) is 0 Å². The lowest BCUT2D eigenvalue weighted by atomic mass is 9.59. The van der Waals surface area contributed by atoms with Crippen LogP contribution >= 0.6 is 0 Å². The SMILES string of the molecule is [B]c1c([B])c([B])c(C(=C/C)/C(C)=C\C2=C[C@](C)(CC)c3ccc4ccccc4c32)c([B])c1[B]. The molecule has 150 valence electrons. The molecule has 0 bridgehead atoms. The van der Waals surface area contributed by atoms with E-state index in [0.29, 0.717) is 16.5 Å². The van der Waals surface area contributed by atoms with Crippen LogP contribution in [0.15, 0.2) is 60.2 Å². The van der Waals surface area contributed by atoms with Crippen molar-refractivity contribution in [2.24, 2.45) is 0 Å². The monoisotopic (exact) mass is 414 g/mol. The maximum absolute atomic E-state index is 6.37.